The third-order valence-corrected chi connectivity index (χ3v) is 4.46. The highest BCUT2D eigenvalue weighted by molar-refractivity contribution is 5.66. The molecule has 0 saturated heterocycles. The Morgan fingerprint density at radius 1 is 1.48 bits per heavy atom. The first-order valence-corrected chi connectivity index (χ1v) is 8.27. The minimum atomic E-state index is -1.06. The van der Waals surface area contributed by atoms with E-state index in [1.54, 1.807) is 7.11 Å². The van der Waals surface area contributed by atoms with Gasteiger partial charge in [0.2, 0.25) is 0 Å². The van der Waals surface area contributed by atoms with E-state index < -0.39 is 11.5 Å². The van der Waals surface area contributed by atoms with Gasteiger partial charge in [0.15, 0.2) is 5.82 Å². The first-order valence-electron chi connectivity index (χ1n) is 8.27. The number of carboxylic acids is 1. The van der Waals surface area contributed by atoms with Gasteiger partial charge in [0.05, 0.1) is 7.11 Å². The van der Waals surface area contributed by atoms with E-state index in [1.165, 1.54) is 23.5 Å². The van der Waals surface area contributed by atoms with Crippen LogP contribution >= 0.6 is 0 Å². The van der Waals surface area contributed by atoms with E-state index >= 15 is 0 Å². The van der Waals surface area contributed by atoms with Gasteiger partial charge in [0.1, 0.15) is 12.3 Å². The topological polar surface area (TPSA) is 93.4 Å². The molecule has 1 aromatic heterocycles. The summed E-state index contributed by atoms with van der Waals surface area (Å²) < 4.78 is 6.60. The number of fused-ring (bicyclic) bond motifs is 1. The van der Waals surface area contributed by atoms with E-state index in [0.29, 0.717) is 0 Å². The van der Waals surface area contributed by atoms with Crippen LogP contribution in [0.3, 0.4) is 0 Å². The van der Waals surface area contributed by atoms with Crippen LogP contribution in [0.4, 0.5) is 5.82 Å². The summed E-state index contributed by atoms with van der Waals surface area (Å²) in [5.41, 5.74) is 2.01. The van der Waals surface area contributed by atoms with Crippen LogP contribution < -0.4 is 15.6 Å². The van der Waals surface area contributed by atoms with Crippen LogP contribution in [-0.4, -0.2) is 33.8 Å². The minimum Gasteiger partial charge on any atom is -0.496 e. The highest BCUT2D eigenvalue weighted by atomic mass is 16.5. The van der Waals surface area contributed by atoms with Crippen LogP contribution in [0.2, 0.25) is 0 Å². The Labute approximate surface area is 145 Å². The first-order chi connectivity index (χ1) is 12.1. The predicted octanol–water partition coefficient (Wildman–Crippen LogP) is 1.70. The summed E-state index contributed by atoms with van der Waals surface area (Å²) in [6, 6.07) is 6.09. The minimum absolute atomic E-state index is 0.0641. The second-order valence-corrected chi connectivity index (χ2v) is 6.14. The van der Waals surface area contributed by atoms with Crippen molar-refractivity contribution in [1.82, 2.24) is 9.55 Å². The Morgan fingerprint density at radius 2 is 2.32 bits per heavy atom. The number of methoxy groups -OCH3 is 1. The van der Waals surface area contributed by atoms with Crippen molar-refractivity contribution in [3.05, 3.63) is 52.1 Å². The summed E-state index contributed by atoms with van der Waals surface area (Å²) in [5, 5.41) is 12.1. The largest absolute Gasteiger partial charge is 0.496 e. The highest BCUT2D eigenvalue weighted by Crippen LogP contribution is 2.29. The standard InChI is InChI=1S/C18H21N3O4/c1-25-15-7-2-4-12-10-13(5-3-6-14(12)15)20-17-18(24)21(9-8-19-17)11-16(22)23/h2,4,7-9,13H,3,5-6,10-11H2,1H3,(H,19,20)(H,22,23). The molecule has 7 nitrogen and oxygen atoms in total. The molecular formula is C18H21N3O4. The third kappa shape index (κ3) is 3.81. The molecule has 0 radical (unpaired) electrons. The molecule has 0 bridgehead atoms. The number of rotatable bonds is 5. The van der Waals surface area contributed by atoms with Gasteiger partial charge in [0, 0.05) is 18.4 Å². The van der Waals surface area contributed by atoms with Crippen molar-refractivity contribution in [2.45, 2.75) is 38.3 Å². The lowest BCUT2D eigenvalue weighted by Crippen LogP contribution is -2.31. The molecular weight excluding hydrogens is 322 g/mol. The van der Waals surface area contributed by atoms with E-state index in [9.17, 15) is 9.59 Å². The van der Waals surface area contributed by atoms with Crippen molar-refractivity contribution in [2.24, 2.45) is 0 Å². The lowest BCUT2D eigenvalue weighted by atomic mass is 10.0. The number of hydrogen-bond donors (Lipinski definition) is 2. The fourth-order valence-corrected chi connectivity index (χ4v) is 3.30. The molecule has 1 aliphatic carbocycles. The average molecular weight is 343 g/mol. The number of aliphatic carboxylic acids is 1. The maximum absolute atomic E-state index is 12.4. The molecule has 1 unspecified atom stereocenters. The van der Waals surface area contributed by atoms with Crippen molar-refractivity contribution in [3.63, 3.8) is 0 Å². The summed E-state index contributed by atoms with van der Waals surface area (Å²) in [4.78, 5) is 27.3. The molecule has 25 heavy (non-hydrogen) atoms. The van der Waals surface area contributed by atoms with Crippen LogP contribution in [0.15, 0.2) is 35.4 Å². The summed E-state index contributed by atoms with van der Waals surface area (Å²) in [7, 11) is 1.68. The Morgan fingerprint density at radius 3 is 3.08 bits per heavy atom. The molecule has 0 aliphatic heterocycles. The molecule has 2 N–H and O–H groups in total. The number of nitrogens with zero attached hydrogens (tertiary/aromatic N) is 2. The summed E-state index contributed by atoms with van der Waals surface area (Å²) in [6.07, 6.45) is 6.40. The zero-order valence-electron chi connectivity index (χ0n) is 14.1. The van der Waals surface area contributed by atoms with Gasteiger partial charge in [-0.25, -0.2) is 4.98 Å². The molecule has 0 amide bonds. The number of anilines is 1. The first kappa shape index (κ1) is 17.0. The van der Waals surface area contributed by atoms with Gasteiger partial charge < -0.3 is 15.2 Å². The number of hydrogen-bond acceptors (Lipinski definition) is 5. The van der Waals surface area contributed by atoms with E-state index in [2.05, 4.69) is 16.4 Å². The van der Waals surface area contributed by atoms with Crippen LogP contribution in [0, 0.1) is 0 Å². The van der Waals surface area contributed by atoms with Crippen molar-refractivity contribution >= 4 is 11.8 Å². The molecule has 1 heterocycles. The monoisotopic (exact) mass is 343 g/mol. The average Bonchev–Trinajstić information content (AvgIpc) is 2.79. The van der Waals surface area contributed by atoms with Gasteiger partial charge in [-0.1, -0.05) is 12.1 Å². The quantitative estimate of drug-likeness (QED) is 0.803. The molecule has 1 atom stereocenters. The molecule has 0 saturated carbocycles. The van der Waals surface area contributed by atoms with Gasteiger partial charge in [-0.2, -0.15) is 0 Å². The van der Waals surface area contributed by atoms with Crippen LogP contribution in [-0.2, 0) is 24.2 Å². The number of nitrogens with one attached hydrogen (secondary N) is 1. The van der Waals surface area contributed by atoms with Crippen molar-refractivity contribution in [3.8, 4) is 5.75 Å². The van der Waals surface area contributed by atoms with Gasteiger partial charge in [0.25, 0.3) is 5.56 Å². The predicted molar refractivity (Wildman–Crippen MR) is 93.2 cm³/mol. The molecule has 132 valence electrons. The van der Waals surface area contributed by atoms with Gasteiger partial charge in [-0.15, -0.1) is 0 Å². The molecule has 0 spiro atoms. The highest BCUT2D eigenvalue weighted by Gasteiger charge is 2.20. The van der Waals surface area contributed by atoms with Gasteiger partial charge in [-0.05, 0) is 42.9 Å². The van der Waals surface area contributed by atoms with E-state index in [1.807, 2.05) is 12.1 Å². The van der Waals surface area contributed by atoms with E-state index in [0.717, 1.165) is 36.0 Å². The molecule has 0 fully saturated rings. The molecule has 3 rings (SSSR count). The van der Waals surface area contributed by atoms with Crippen LogP contribution in [0.1, 0.15) is 24.0 Å². The fraction of sp³-hybridized carbons (Fsp3) is 0.389. The maximum atomic E-state index is 12.4. The van der Waals surface area contributed by atoms with Gasteiger partial charge >= 0.3 is 5.97 Å². The lowest BCUT2D eigenvalue weighted by molar-refractivity contribution is -0.137. The summed E-state index contributed by atoms with van der Waals surface area (Å²) in [6.45, 7) is -0.374. The summed E-state index contributed by atoms with van der Waals surface area (Å²) >= 11 is 0. The second-order valence-electron chi connectivity index (χ2n) is 6.14. The Kier molecular flexibility index (Phi) is 5.02. The molecule has 1 aliphatic rings. The normalized spacial score (nSPS) is 16.6. The zero-order valence-corrected chi connectivity index (χ0v) is 14.1. The third-order valence-electron chi connectivity index (χ3n) is 4.46. The van der Waals surface area contributed by atoms with E-state index in [4.69, 9.17) is 9.84 Å². The summed E-state index contributed by atoms with van der Waals surface area (Å²) in [5.74, 6) is 0.0367. The molecule has 1 aromatic carbocycles. The number of aromatic nitrogens is 2. The van der Waals surface area contributed by atoms with Crippen molar-refractivity contribution in [1.29, 1.82) is 0 Å². The van der Waals surface area contributed by atoms with Crippen LogP contribution in [0.25, 0.3) is 0 Å². The lowest BCUT2D eigenvalue weighted by Gasteiger charge is -2.18. The SMILES string of the molecule is COc1cccc2c1CCCC(Nc1nccn(CC(=O)O)c1=O)C2. The maximum Gasteiger partial charge on any atom is 0.323 e. The number of ether oxygens (including phenoxy) is 1. The fourth-order valence-electron chi connectivity index (χ4n) is 3.30. The smallest absolute Gasteiger partial charge is 0.323 e. The number of benzene rings is 1. The van der Waals surface area contributed by atoms with Gasteiger partial charge in [-0.3, -0.25) is 14.2 Å². The van der Waals surface area contributed by atoms with E-state index in [-0.39, 0.29) is 18.4 Å². The number of carboxylic acid groups (broad SMARTS) is 1. The Bertz CT molecular complexity index is 831. The second kappa shape index (κ2) is 7.38. The van der Waals surface area contributed by atoms with Crippen molar-refractivity contribution < 1.29 is 14.6 Å². The van der Waals surface area contributed by atoms with Crippen molar-refractivity contribution in [2.75, 3.05) is 12.4 Å². The molecule has 7 heteroatoms. The number of carbonyl (C=O) groups is 1. The van der Waals surface area contributed by atoms with Crippen LogP contribution in [0.5, 0.6) is 5.75 Å². The Balaban J connectivity index is 1.82. The molecule has 2 aromatic rings. The Hall–Kier alpha value is -2.83. The zero-order chi connectivity index (χ0) is 17.8.